The molecule has 1 aromatic heterocycles. The molecule has 0 radical (unpaired) electrons. The molecule has 2 atom stereocenters. The molecule has 0 aliphatic heterocycles. The number of hydrogen-bond acceptors (Lipinski definition) is 4. The Balaban J connectivity index is 2.27. The number of alkyl halides is 1. The van der Waals surface area contributed by atoms with Gasteiger partial charge in [-0.05, 0) is 18.6 Å². The molecule has 100 valence electrons. The lowest BCUT2D eigenvalue weighted by Gasteiger charge is -2.49. The Morgan fingerprint density at radius 1 is 1.50 bits per heavy atom. The summed E-state index contributed by atoms with van der Waals surface area (Å²) in [5.41, 5.74) is -0.0617. The van der Waals surface area contributed by atoms with E-state index >= 15 is 0 Å². The molecule has 1 fully saturated rings. The lowest BCUT2D eigenvalue weighted by molar-refractivity contribution is 0.168. The van der Waals surface area contributed by atoms with Crippen molar-refractivity contribution in [1.29, 1.82) is 0 Å². The van der Waals surface area contributed by atoms with Gasteiger partial charge >= 0.3 is 0 Å². The third-order valence-corrected chi connectivity index (χ3v) is 5.50. The van der Waals surface area contributed by atoms with Gasteiger partial charge in [-0.3, -0.25) is 0 Å². The molecule has 1 N–H and O–H groups in total. The van der Waals surface area contributed by atoms with Crippen LogP contribution in [-0.4, -0.2) is 31.1 Å². The summed E-state index contributed by atoms with van der Waals surface area (Å²) < 4.78 is 23.3. The smallest absolute Gasteiger partial charge is 0.179 e. The van der Waals surface area contributed by atoms with Gasteiger partial charge in [-0.15, -0.1) is 11.6 Å². The molecule has 0 saturated heterocycles. The molecule has 1 saturated carbocycles. The molecule has 18 heavy (non-hydrogen) atoms. The van der Waals surface area contributed by atoms with E-state index in [2.05, 4.69) is 24.1 Å². The largest absolute Gasteiger partial charge is 0.366 e. The fourth-order valence-electron chi connectivity index (χ4n) is 2.08. The second kappa shape index (κ2) is 4.38. The van der Waals surface area contributed by atoms with Gasteiger partial charge in [0.05, 0.1) is 0 Å². The highest BCUT2D eigenvalue weighted by atomic mass is 35.5. The lowest BCUT2D eigenvalue weighted by atomic mass is 9.67. The van der Waals surface area contributed by atoms with E-state index in [1.807, 2.05) is 0 Å². The summed E-state index contributed by atoms with van der Waals surface area (Å²) in [6.45, 7) is 4.13. The molecular weight excluding hydrogens is 272 g/mol. The zero-order valence-corrected chi connectivity index (χ0v) is 12.2. The molecule has 4 nitrogen and oxygen atoms in total. The maximum atomic E-state index is 11.7. The molecule has 1 heterocycles. The average molecular weight is 289 g/mol. The van der Waals surface area contributed by atoms with Crippen LogP contribution in [0.1, 0.15) is 20.3 Å². The van der Waals surface area contributed by atoms with E-state index < -0.39 is 9.84 Å². The molecule has 0 spiro atoms. The molecule has 1 aromatic rings. The van der Waals surface area contributed by atoms with Crippen LogP contribution in [0.3, 0.4) is 0 Å². The van der Waals surface area contributed by atoms with E-state index in [9.17, 15) is 8.42 Å². The summed E-state index contributed by atoms with van der Waals surface area (Å²) in [7, 11) is -3.27. The summed E-state index contributed by atoms with van der Waals surface area (Å²) in [6, 6.07) is 3.34. The van der Waals surface area contributed by atoms with Crippen molar-refractivity contribution in [1.82, 2.24) is 4.98 Å². The van der Waals surface area contributed by atoms with Gasteiger partial charge in [-0.25, -0.2) is 13.4 Å². The minimum Gasteiger partial charge on any atom is -0.366 e. The van der Waals surface area contributed by atoms with Crippen molar-refractivity contribution in [3.05, 3.63) is 18.3 Å². The molecule has 2 unspecified atom stereocenters. The van der Waals surface area contributed by atoms with Gasteiger partial charge in [0.2, 0.25) is 0 Å². The highest BCUT2D eigenvalue weighted by Gasteiger charge is 2.47. The van der Waals surface area contributed by atoms with Crippen molar-refractivity contribution >= 4 is 27.3 Å². The fourth-order valence-corrected chi connectivity index (χ4v) is 3.20. The zero-order chi connectivity index (χ0) is 13.6. The van der Waals surface area contributed by atoms with Crippen molar-refractivity contribution in [2.24, 2.45) is 5.41 Å². The van der Waals surface area contributed by atoms with Crippen LogP contribution in [0.25, 0.3) is 0 Å². The fraction of sp³-hybridized carbons (Fsp3) is 0.583. The Morgan fingerprint density at radius 3 is 2.67 bits per heavy atom. The number of nitrogens with zero attached hydrogens (tertiary/aromatic N) is 1. The zero-order valence-electron chi connectivity index (χ0n) is 10.6. The standard InChI is InChI=1S/C12H17ClN2O2S/c1-12(2)9(13)7-10(12)15-11-8(18(3,16)17)5-4-6-14-11/h4-6,9-10H,7H2,1-3H3,(H,14,15). The van der Waals surface area contributed by atoms with E-state index in [-0.39, 0.29) is 21.7 Å². The highest BCUT2D eigenvalue weighted by Crippen LogP contribution is 2.46. The second-order valence-electron chi connectivity index (χ2n) is 5.34. The molecule has 0 bridgehead atoms. The maximum absolute atomic E-state index is 11.7. The Morgan fingerprint density at radius 2 is 2.17 bits per heavy atom. The quantitative estimate of drug-likeness (QED) is 0.867. The van der Waals surface area contributed by atoms with Crippen molar-refractivity contribution in [3.8, 4) is 0 Å². The first-order valence-electron chi connectivity index (χ1n) is 5.78. The van der Waals surface area contributed by atoms with E-state index in [0.717, 1.165) is 6.42 Å². The summed E-state index contributed by atoms with van der Waals surface area (Å²) in [4.78, 5) is 4.36. The summed E-state index contributed by atoms with van der Waals surface area (Å²) >= 11 is 6.15. The van der Waals surface area contributed by atoms with Gasteiger partial charge in [0.15, 0.2) is 9.84 Å². The monoisotopic (exact) mass is 288 g/mol. The number of rotatable bonds is 3. The van der Waals surface area contributed by atoms with Crippen LogP contribution >= 0.6 is 11.6 Å². The van der Waals surface area contributed by atoms with Crippen LogP contribution in [0.4, 0.5) is 5.82 Å². The van der Waals surface area contributed by atoms with Gasteiger partial charge in [0.25, 0.3) is 0 Å². The van der Waals surface area contributed by atoms with Gasteiger partial charge in [-0.1, -0.05) is 13.8 Å². The Labute approximate surface area is 113 Å². The van der Waals surface area contributed by atoms with Crippen molar-refractivity contribution in [3.63, 3.8) is 0 Å². The van der Waals surface area contributed by atoms with Gasteiger partial charge in [0, 0.05) is 29.3 Å². The molecule has 0 aromatic carbocycles. The summed E-state index contributed by atoms with van der Waals surface area (Å²) in [6.07, 6.45) is 3.58. The molecule has 1 aliphatic rings. The van der Waals surface area contributed by atoms with Crippen molar-refractivity contribution in [2.75, 3.05) is 11.6 Å². The Hall–Kier alpha value is -0.810. The predicted molar refractivity (Wildman–Crippen MR) is 72.8 cm³/mol. The van der Waals surface area contributed by atoms with Crippen LogP contribution in [0.2, 0.25) is 0 Å². The first kappa shape index (κ1) is 13.6. The predicted octanol–water partition coefficient (Wildman–Crippen LogP) is 2.30. The SMILES string of the molecule is CC1(C)C(Cl)CC1Nc1ncccc1S(C)(=O)=O. The average Bonchev–Trinajstić information content (AvgIpc) is 2.28. The number of pyridine rings is 1. The first-order valence-corrected chi connectivity index (χ1v) is 8.11. The summed E-state index contributed by atoms with van der Waals surface area (Å²) in [5.74, 6) is 0.418. The van der Waals surface area contributed by atoms with Crippen molar-refractivity contribution < 1.29 is 8.42 Å². The maximum Gasteiger partial charge on any atom is 0.179 e. The second-order valence-corrected chi connectivity index (χ2v) is 7.85. The van der Waals surface area contributed by atoms with E-state index in [0.29, 0.717) is 5.82 Å². The van der Waals surface area contributed by atoms with Crippen LogP contribution in [0.5, 0.6) is 0 Å². The number of hydrogen-bond donors (Lipinski definition) is 1. The van der Waals surface area contributed by atoms with Gasteiger partial charge < -0.3 is 5.32 Å². The molecule has 6 heteroatoms. The van der Waals surface area contributed by atoms with E-state index in [4.69, 9.17) is 11.6 Å². The minimum absolute atomic E-state index is 0.0617. The highest BCUT2D eigenvalue weighted by molar-refractivity contribution is 7.90. The van der Waals surface area contributed by atoms with E-state index in [1.165, 1.54) is 6.26 Å². The Kier molecular flexibility index (Phi) is 3.32. The van der Waals surface area contributed by atoms with Gasteiger partial charge in [-0.2, -0.15) is 0 Å². The number of halogens is 1. The number of sulfone groups is 1. The van der Waals surface area contributed by atoms with E-state index in [1.54, 1.807) is 18.3 Å². The van der Waals surface area contributed by atoms with Crippen molar-refractivity contribution in [2.45, 2.75) is 36.6 Å². The Bertz CT molecular complexity index is 557. The number of nitrogens with one attached hydrogen (secondary N) is 1. The van der Waals surface area contributed by atoms with Crippen LogP contribution in [-0.2, 0) is 9.84 Å². The third-order valence-electron chi connectivity index (χ3n) is 3.63. The first-order chi connectivity index (χ1) is 8.23. The molecule has 0 amide bonds. The van der Waals surface area contributed by atoms with Crippen LogP contribution in [0, 0.1) is 5.41 Å². The topological polar surface area (TPSA) is 59.1 Å². The molecule has 1 aliphatic carbocycles. The normalized spacial score (nSPS) is 26.4. The number of anilines is 1. The van der Waals surface area contributed by atoms with Crippen LogP contribution < -0.4 is 5.32 Å². The van der Waals surface area contributed by atoms with Gasteiger partial charge in [0.1, 0.15) is 10.7 Å². The molecular formula is C12H17ClN2O2S. The summed E-state index contributed by atoms with van der Waals surface area (Å²) in [5, 5.41) is 3.31. The minimum atomic E-state index is -3.27. The number of aromatic nitrogens is 1. The third kappa shape index (κ3) is 2.34. The van der Waals surface area contributed by atoms with Crippen LogP contribution in [0.15, 0.2) is 23.2 Å². The molecule has 2 rings (SSSR count). The lowest BCUT2D eigenvalue weighted by Crippen LogP contribution is -2.54.